The van der Waals surface area contributed by atoms with Crippen molar-refractivity contribution in [2.24, 2.45) is 71.0 Å². The Balaban J connectivity index is 0.911. The zero-order valence-electron chi connectivity index (χ0n) is 37.1. The predicted octanol–water partition coefficient (Wildman–Crippen LogP) is 16.3. The van der Waals surface area contributed by atoms with E-state index in [1.54, 1.807) is 22.3 Å². The second-order valence-corrected chi connectivity index (χ2v) is 22.6. The van der Waals surface area contributed by atoms with Gasteiger partial charge in [0.2, 0.25) is 0 Å². The third-order valence-electron chi connectivity index (χ3n) is 20.6. The largest absolute Gasteiger partial charge is 0.0616 e. The summed E-state index contributed by atoms with van der Waals surface area (Å²) in [6.45, 7) is 0. The van der Waals surface area contributed by atoms with Gasteiger partial charge in [0, 0.05) is 0 Å². The highest BCUT2D eigenvalue weighted by Gasteiger charge is 2.69. The lowest BCUT2D eigenvalue weighted by Gasteiger charge is -2.68. The van der Waals surface area contributed by atoms with E-state index >= 15 is 0 Å². The highest BCUT2D eigenvalue weighted by atomic mass is 14.7. The molecule has 0 heteroatoms. The van der Waals surface area contributed by atoms with E-state index in [2.05, 4.69) is 170 Å². The van der Waals surface area contributed by atoms with Crippen LogP contribution in [0, 0.1) is 71.0 Å². The fourth-order valence-corrected chi connectivity index (χ4v) is 18.6. The number of hydrogen-bond acceptors (Lipinski definition) is 0. The Kier molecular flexibility index (Phi) is 8.19. The summed E-state index contributed by atoms with van der Waals surface area (Å²) in [5.74, 6) is 12.5. The van der Waals surface area contributed by atoms with Crippen molar-refractivity contribution in [2.45, 2.75) is 75.0 Å². The van der Waals surface area contributed by atoms with E-state index in [-0.39, 0.29) is 0 Å². The summed E-state index contributed by atoms with van der Waals surface area (Å²) < 4.78 is 0. The van der Waals surface area contributed by atoms with Crippen LogP contribution in [0.15, 0.2) is 170 Å². The topological polar surface area (TPSA) is 0 Å². The van der Waals surface area contributed by atoms with Gasteiger partial charge in [-0.1, -0.05) is 170 Å². The highest BCUT2D eigenvalue weighted by Crippen LogP contribution is 2.76. The Morgan fingerprint density at radius 2 is 0.438 bits per heavy atom. The molecule has 0 N–H and O–H groups in total. The molecule has 8 aromatic carbocycles. The molecule has 7 aliphatic carbocycles. The van der Waals surface area contributed by atoms with Gasteiger partial charge in [0.05, 0.1) is 0 Å². The molecule has 7 saturated carbocycles. The maximum absolute atomic E-state index is 2.65. The molecule has 0 bridgehead atoms. The van der Waals surface area contributed by atoms with Gasteiger partial charge >= 0.3 is 0 Å². The number of benzene rings is 8. The summed E-state index contributed by atoms with van der Waals surface area (Å²) in [4.78, 5) is 0. The molecule has 0 aromatic heterocycles. The van der Waals surface area contributed by atoms with Crippen molar-refractivity contribution in [1.82, 2.24) is 0 Å². The maximum atomic E-state index is 2.65. The van der Waals surface area contributed by atoms with Gasteiger partial charge < -0.3 is 0 Å². The lowest BCUT2D eigenvalue weighted by Crippen LogP contribution is -2.62. The van der Waals surface area contributed by atoms with E-state index in [0.717, 1.165) is 71.0 Å². The van der Waals surface area contributed by atoms with Gasteiger partial charge in [0.15, 0.2) is 0 Å². The summed E-state index contributed by atoms with van der Waals surface area (Å²) in [6.07, 6.45) is 11.3. The number of hydrogen-bond donors (Lipinski definition) is 0. The summed E-state index contributed by atoms with van der Waals surface area (Å²) >= 11 is 0. The minimum atomic E-state index is 0.665. The standard InChI is InChI=1S/C64H60/c1-5-13-41-29-45(21-17-37(41)9-1)53-33-57-58-34-55(47-23-19-39-11-3-7-15-43(39)31-47)51-27-28-52-56(48-24-20-40-12-4-8-16-44(40)32-48)36-60(64(58)62(51)52)59-35-54(50-26-25-49(53)61(50)63(57)59)46-22-18-38-10-2-6-14-42(38)30-46/h1-24,29-32,49-64H,25-28,33-36H2. The van der Waals surface area contributed by atoms with E-state index in [9.17, 15) is 0 Å². The van der Waals surface area contributed by atoms with Crippen molar-refractivity contribution >= 4 is 43.1 Å². The van der Waals surface area contributed by atoms with Gasteiger partial charge in [-0.25, -0.2) is 0 Å². The molecule has 12 atom stereocenters. The minimum Gasteiger partial charge on any atom is -0.0616 e. The molecule has 0 radical (unpaired) electrons. The van der Waals surface area contributed by atoms with E-state index in [4.69, 9.17) is 0 Å². The van der Waals surface area contributed by atoms with Gasteiger partial charge in [-0.05, 0) is 211 Å². The van der Waals surface area contributed by atoms with Crippen molar-refractivity contribution in [3.05, 3.63) is 192 Å². The first-order valence-corrected chi connectivity index (χ1v) is 25.6. The van der Waals surface area contributed by atoms with Gasteiger partial charge in [-0.3, -0.25) is 0 Å². The zero-order valence-corrected chi connectivity index (χ0v) is 37.1. The zero-order chi connectivity index (χ0) is 41.6. The monoisotopic (exact) mass is 828 g/mol. The van der Waals surface area contributed by atoms with E-state index in [1.807, 2.05) is 0 Å². The van der Waals surface area contributed by atoms with Crippen molar-refractivity contribution in [3.8, 4) is 0 Å². The first-order chi connectivity index (χ1) is 31.7. The molecule has 0 spiro atoms. The van der Waals surface area contributed by atoms with Crippen LogP contribution in [0.5, 0.6) is 0 Å². The summed E-state index contributed by atoms with van der Waals surface area (Å²) in [7, 11) is 0. The molecular weight excluding hydrogens is 769 g/mol. The Labute approximate surface area is 379 Å². The van der Waals surface area contributed by atoms with E-state index < -0.39 is 0 Å². The third kappa shape index (κ3) is 5.41. The molecule has 0 aliphatic heterocycles. The molecule has 15 rings (SSSR count). The molecule has 7 aliphatic rings. The SMILES string of the molecule is c1ccc2cc(C3CC4C5CC(c6ccc7ccccc7c6)C6CCC7C(c8ccc9ccccc9c8)CC(C8CC(c9ccc%10ccccc%10c9)C9CCC3C9C48)C5C67)ccc2c1. The molecule has 64 heavy (non-hydrogen) atoms. The Morgan fingerprint density at radius 1 is 0.219 bits per heavy atom. The van der Waals surface area contributed by atoms with Gasteiger partial charge in [0.1, 0.15) is 0 Å². The molecule has 0 nitrogen and oxygen atoms in total. The van der Waals surface area contributed by atoms with Gasteiger partial charge in [-0.2, -0.15) is 0 Å². The van der Waals surface area contributed by atoms with Crippen LogP contribution in [0.3, 0.4) is 0 Å². The maximum Gasteiger partial charge on any atom is -0.0128 e. The van der Waals surface area contributed by atoms with Crippen LogP contribution in [-0.2, 0) is 0 Å². The van der Waals surface area contributed by atoms with Crippen LogP contribution in [-0.4, -0.2) is 0 Å². The molecular formula is C64H60. The Bertz CT molecular complexity index is 2700. The van der Waals surface area contributed by atoms with E-state index in [1.165, 1.54) is 94.5 Å². The van der Waals surface area contributed by atoms with Crippen LogP contribution >= 0.6 is 0 Å². The fraction of sp³-hybridized carbons (Fsp3) is 0.375. The molecule has 7 fully saturated rings. The molecule has 12 unspecified atom stereocenters. The molecule has 0 amide bonds. The smallest absolute Gasteiger partial charge is 0.0128 e. The summed E-state index contributed by atoms with van der Waals surface area (Å²) in [5.41, 5.74) is 6.64. The van der Waals surface area contributed by atoms with Crippen molar-refractivity contribution in [3.63, 3.8) is 0 Å². The average Bonchev–Trinajstić information content (AvgIpc) is 4.01. The van der Waals surface area contributed by atoms with Crippen LogP contribution in [0.1, 0.15) is 97.3 Å². The van der Waals surface area contributed by atoms with Crippen LogP contribution < -0.4 is 0 Å². The third-order valence-corrected chi connectivity index (χ3v) is 20.6. The minimum absolute atomic E-state index is 0.665. The van der Waals surface area contributed by atoms with Crippen molar-refractivity contribution in [2.75, 3.05) is 0 Å². The average molecular weight is 829 g/mol. The Morgan fingerprint density at radius 3 is 0.688 bits per heavy atom. The lowest BCUT2D eigenvalue weighted by molar-refractivity contribution is -0.180. The quantitative estimate of drug-likeness (QED) is 0.166. The second kappa shape index (κ2) is 14.1. The number of rotatable bonds is 4. The molecule has 316 valence electrons. The summed E-state index contributed by atoms with van der Waals surface area (Å²) in [6, 6.07) is 67.5. The van der Waals surface area contributed by atoms with Crippen molar-refractivity contribution in [1.29, 1.82) is 0 Å². The van der Waals surface area contributed by atoms with Crippen LogP contribution in [0.2, 0.25) is 0 Å². The van der Waals surface area contributed by atoms with Crippen molar-refractivity contribution < 1.29 is 0 Å². The van der Waals surface area contributed by atoms with Crippen LogP contribution in [0.25, 0.3) is 43.1 Å². The van der Waals surface area contributed by atoms with Crippen LogP contribution in [0.4, 0.5) is 0 Å². The first kappa shape index (κ1) is 37.1. The Hall–Kier alpha value is -5.20. The van der Waals surface area contributed by atoms with E-state index in [0.29, 0.717) is 23.7 Å². The lowest BCUT2D eigenvalue weighted by atomic mass is 9.36. The van der Waals surface area contributed by atoms with Gasteiger partial charge in [-0.15, -0.1) is 0 Å². The summed E-state index contributed by atoms with van der Waals surface area (Å²) in [5, 5.41) is 11.3. The molecule has 0 saturated heterocycles. The predicted molar refractivity (Wildman–Crippen MR) is 266 cm³/mol. The van der Waals surface area contributed by atoms with Gasteiger partial charge in [0.25, 0.3) is 0 Å². The number of fused-ring (bicyclic) bond motifs is 6. The molecule has 8 aromatic rings. The fourth-order valence-electron chi connectivity index (χ4n) is 18.6. The molecule has 0 heterocycles. The normalized spacial score (nSPS) is 36.9. The first-order valence-electron chi connectivity index (χ1n) is 25.6. The second-order valence-electron chi connectivity index (χ2n) is 22.6. The highest BCUT2D eigenvalue weighted by molar-refractivity contribution is 5.85.